The number of hydrogen-bond acceptors (Lipinski definition) is 0. The zero-order valence-corrected chi connectivity index (χ0v) is 27.5. The molecule has 192 valence electrons. The molecule has 31 heavy (non-hydrogen) atoms. The summed E-state index contributed by atoms with van der Waals surface area (Å²) in [4.78, 5) is 0. The molecule has 0 rings (SSSR count). The number of hydrogen-bond donors (Lipinski definition) is 0. The fourth-order valence-electron chi connectivity index (χ4n) is 5.04. The standard InChI is InChI=1S/C27H60P2.2BrH/c1-7-13-20-28(21-14-8-2,22-15-9-3)26-19-27-29(23-16-10-4,24-17-11-5)25-18-12-6;;/h7-27H2,1-6H3;2*1H/q+2;;/p-2. The van der Waals surface area contributed by atoms with Crippen LogP contribution in [0.3, 0.4) is 0 Å². The van der Waals surface area contributed by atoms with E-state index in [1.807, 2.05) is 0 Å². The van der Waals surface area contributed by atoms with Crippen molar-refractivity contribution in [2.24, 2.45) is 0 Å². The molecule has 0 aromatic carbocycles. The van der Waals surface area contributed by atoms with Gasteiger partial charge < -0.3 is 34.0 Å². The minimum Gasteiger partial charge on any atom is -1.00 e. The van der Waals surface area contributed by atoms with Gasteiger partial charge in [-0.3, -0.25) is 0 Å². The minimum atomic E-state index is -0.692. The molecule has 4 heteroatoms. The first kappa shape index (κ1) is 37.4. The first-order valence-corrected chi connectivity index (χ1v) is 18.8. The first-order chi connectivity index (χ1) is 14.1. The van der Waals surface area contributed by atoms with Crippen LogP contribution < -0.4 is 34.0 Å². The predicted molar refractivity (Wildman–Crippen MR) is 147 cm³/mol. The molecule has 0 aromatic heterocycles. The first-order valence-electron chi connectivity index (χ1n) is 13.8. The monoisotopic (exact) mass is 604 g/mol. The zero-order chi connectivity index (χ0) is 21.8. The Hall–Kier alpha value is 1.82. The Labute approximate surface area is 221 Å². The lowest BCUT2D eigenvalue weighted by Gasteiger charge is -2.31. The van der Waals surface area contributed by atoms with Crippen molar-refractivity contribution in [3.63, 3.8) is 0 Å². The van der Waals surface area contributed by atoms with E-state index in [9.17, 15) is 0 Å². The largest absolute Gasteiger partial charge is 1.00 e. The van der Waals surface area contributed by atoms with Crippen LogP contribution in [0.2, 0.25) is 0 Å². The molecule has 0 aliphatic heterocycles. The number of rotatable bonds is 22. The molecule has 0 spiro atoms. The van der Waals surface area contributed by atoms with E-state index in [4.69, 9.17) is 0 Å². The second-order valence-electron chi connectivity index (χ2n) is 9.95. The van der Waals surface area contributed by atoms with E-state index >= 15 is 0 Å². The molecule has 0 aliphatic carbocycles. The molecule has 0 aromatic rings. The molecule has 0 radical (unpaired) electrons. The maximum Gasteiger partial charge on any atom is 0.0628 e. The Balaban J connectivity index is -0.00000392. The molecule has 0 fully saturated rings. The smallest absolute Gasteiger partial charge is 0.0628 e. The molecular formula is C27H60Br2P2. The summed E-state index contributed by atoms with van der Waals surface area (Å²) in [5.74, 6) is 0. The lowest BCUT2D eigenvalue weighted by atomic mass is 10.4. The molecule has 0 aliphatic rings. The summed E-state index contributed by atoms with van der Waals surface area (Å²) in [5.41, 5.74) is 0. The van der Waals surface area contributed by atoms with Crippen molar-refractivity contribution >= 4 is 14.5 Å². The highest BCUT2D eigenvalue weighted by molar-refractivity contribution is 7.76. The lowest BCUT2D eigenvalue weighted by molar-refractivity contribution is -0.00100. The van der Waals surface area contributed by atoms with E-state index in [0.29, 0.717) is 0 Å². The van der Waals surface area contributed by atoms with Crippen molar-refractivity contribution < 1.29 is 34.0 Å². The predicted octanol–water partition coefficient (Wildman–Crippen LogP) is 4.22. The van der Waals surface area contributed by atoms with Crippen LogP contribution in [0.4, 0.5) is 0 Å². The number of unbranched alkanes of at least 4 members (excludes halogenated alkanes) is 6. The average Bonchev–Trinajstić information content (AvgIpc) is 2.75. The van der Waals surface area contributed by atoms with Crippen molar-refractivity contribution in [3.05, 3.63) is 0 Å². The van der Waals surface area contributed by atoms with Gasteiger partial charge >= 0.3 is 0 Å². The van der Waals surface area contributed by atoms with Crippen LogP contribution in [0.5, 0.6) is 0 Å². The van der Waals surface area contributed by atoms with Crippen LogP contribution in [0, 0.1) is 0 Å². The Bertz CT molecular complexity index is 275. The SMILES string of the molecule is CCCC[P+](CCCC)(CCCC)CCC[P+](CCCC)(CCCC)CCCC.[Br-].[Br-]. The average molecular weight is 607 g/mol. The quantitative estimate of drug-likeness (QED) is 0.162. The van der Waals surface area contributed by atoms with E-state index in [1.165, 1.54) is 77.0 Å². The molecule has 0 bridgehead atoms. The Morgan fingerprint density at radius 1 is 0.290 bits per heavy atom. The summed E-state index contributed by atoms with van der Waals surface area (Å²) < 4.78 is 0. The van der Waals surface area contributed by atoms with Crippen LogP contribution in [-0.2, 0) is 0 Å². The Morgan fingerprint density at radius 3 is 0.613 bits per heavy atom. The van der Waals surface area contributed by atoms with E-state index < -0.39 is 14.5 Å². The van der Waals surface area contributed by atoms with Gasteiger partial charge in [0.15, 0.2) is 0 Å². The van der Waals surface area contributed by atoms with E-state index in [0.717, 1.165) is 0 Å². The molecule has 0 N–H and O–H groups in total. The Morgan fingerprint density at radius 2 is 0.452 bits per heavy atom. The maximum atomic E-state index is 2.41. The molecular weight excluding hydrogens is 546 g/mol. The maximum absolute atomic E-state index is 2.41. The summed E-state index contributed by atoms with van der Waals surface area (Å²) in [5, 5.41) is 0. The van der Waals surface area contributed by atoms with Gasteiger partial charge in [-0.1, -0.05) is 80.1 Å². The van der Waals surface area contributed by atoms with Crippen LogP contribution in [0.25, 0.3) is 0 Å². The summed E-state index contributed by atoms with van der Waals surface area (Å²) in [6.45, 7) is 14.4. The minimum absolute atomic E-state index is 0. The normalized spacial score (nSPS) is 11.8. The van der Waals surface area contributed by atoms with E-state index in [-0.39, 0.29) is 34.0 Å². The molecule has 0 saturated heterocycles. The third-order valence-electron chi connectivity index (χ3n) is 7.18. The topological polar surface area (TPSA) is 0 Å². The summed E-state index contributed by atoms with van der Waals surface area (Å²) >= 11 is 0. The second-order valence-corrected chi connectivity index (χ2v) is 18.9. The van der Waals surface area contributed by atoms with Gasteiger partial charge in [-0.15, -0.1) is 0 Å². The summed E-state index contributed by atoms with van der Waals surface area (Å²) in [6, 6.07) is 0. The van der Waals surface area contributed by atoms with Gasteiger partial charge in [-0.2, -0.15) is 0 Å². The van der Waals surface area contributed by atoms with Crippen LogP contribution >= 0.6 is 14.5 Å². The Kier molecular flexibility index (Phi) is 30.1. The third kappa shape index (κ3) is 17.8. The van der Waals surface area contributed by atoms with Crippen molar-refractivity contribution in [1.29, 1.82) is 0 Å². The van der Waals surface area contributed by atoms with Gasteiger partial charge in [0.1, 0.15) is 0 Å². The lowest BCUT2D eigenvalue weighted by Crippen LogP contribution is -3.00. The molecule has 0 unspecified atom stereocenters. The molecule has 0 amide bonds. The highest BCUT2D eigenvalue weighted by Crippen LogP contribution is 2.65. The summed E-state index contributed by atoms with van der Waals surface area (Å²) in [6.07, 6.45) is 32.0. The van der Waals surface area contributed by atoms with Gasteiger partial charge in [0, 0.05) is 20.9 Å². The molecule has 0 heterocycles. The third-order valence-corrected chi connectivity index (χ3v) is 17.3. The van der Waals surface area contributed by atoms with Gasteiger partial charge in [0.25, 0.3) is 0 Å². The fraction of sp³-hybridized carbons (Fsp3) is 1.00. The van der Waals surface area contributed by atoms with Gasteiger partial charge in [-0.05, 0) is 38.5 Å². The van der Waals surface area contributed by atoms with Gasteiger partial charge in [0.05, 0.1) is 49.3 Å². The van der Waals surface area contributed by atoms with Crippen molar-refractivity contribution in [3.8, 4) is 0 Å². The highest BCUT2D eigenvalue weighted by atomic mass is 79.9. The molecule has 0 nitrogen and oxygen atoms in total. The fourth-order valence-corrected chi connectivity index (χ4v) is 15.6. The zero-order valence-electron chi connectivity index (χ0n) is 22.5. The molecule has 0 saturated carbocycles. The van der Waals surface area contributed by atoms with Crippen molar-refractivity contribution in [2.75, 3.05) is 49.3 Å². The van der Waals surface area contributed by atoms with Crippen LogP contribution in [0.15, 0.2) is 0 Å². The van der Waals surface area contributed by atoms with Crippen molar-refractivity contribution in [2.45, 2.75) is 125 Å². The second kappa shape index (κ2) is 24.9. The highest BCUT2D eigenvalue weighted by Gasteiger charge is 2.39. The van der Waals surface area contributed by atoms with Crippen molar-refractivity contribution in [1.82, 2.24) is 0 Å². The van der Waals surface area contributed by atoms with E-state index in [2.05, 4.69) is 41.5 Å². The van der Waals surface area contributed by atoms with Crippen LogP contribution in [0.1, 0.15) is 125 Å². The van der Waals surface area contributed by atoms with Gasteiger partial charge in [-0.25, -0.2) is 0 Å². The molecule has 0 atom stereocenters. The van der Waals surface area contributed by atoms with E-state index in [1.54, 1.807) is 55.7 Å². The van der Waals surface area contributed by atoms with Gasteiger partial charge in [0.2, 0.25) is 0 Å². The van der Waals surface area contributed by atoms with Crippen LogP contribution in [-0.4, -0.2) is 49.3 Å². The number of halogens is 2. The summed E-state index contributed by atoms with van der Waals surface area (Å²) in [7, 11) is -1.38.